The molecule has 0 N–H and O–H groups in total. The Balaban J connectivity index is 1.92. The predicted octanol–water partition coefficient (Wildman–Crippen LogP) is 1.87. The minimum atomic E-state index is -0.678. The molecule has 1 aliphatic rings. The van der Waals surface area contributed by atoms with Crippen molar-refractivity contribution in [1.29, 1.82) is 0 Å². The summed E-state index contributed by atoms with van der Waals surface area (Å²) >= 11 is 0. The number of carbonyl (C=O) groups excluding carboxylic acids is 1. The van der Waals surface area contributed by atoms with Gasteiger partial charge in [0.05, 0.1) is 0 Å². The third-order valence-electron chi connectivity index (χ3n) is 2.23. The van der Waals surface area contributed by atoms with Crippen molar-refractivity contribution in [1.82, 2.24) is 0 Å². The van der Waals surface area contributed by atoms with Crippen LogP contribution in [-0.4, -0.2) is 18.2 Å². The van der Waals surface area contributed by atoms with Crippen molar-refractivity contribution in [3.63, 3.8) is 0 Å². The molecule has 1 saturated heterocycles. The van der Waals surface area contributed by atoms with Gasteiger partial charge in [-0.2, -0.15) is 0 Å². The first-order valence-electron chi connectivity index (χ1n) is 5.01. The molecule has 4 nitrogen and oxygen atoms in total. The fourth-order valence-electron chi connectivity index (χ4n) is 1.37. The second-order valence-electron chi connectivity index (χ2n) is 3.43. The van der Waals surface area contributed by atoms with Crippen molar-refractivity contribution in [2.75, 3.05) is 0 Å². The second kappa shape index (κ2) is 4.92. The Morgan fingerprint density at radius 3 is 2.75 bits per heavy atom. The Bertz CT molecular complexity index is 374. The molecule has 4 heteroatoms. The van der Waals surface area contributed by atoms with Crippen LogP contribution in [0.1, 0.15) is 6.42 Å². The zero-order chi connectivity index (χ0) is 11.4. The van der Waals surface area contributed by atoms with Gasteiger partial charge in [-0.3, -0.25) is 0 Å². The molecule has 2 rings (SSSR count). The van der Waals surface area contributed by atoms with Gasteiger partial charge in [-0.15, -0.1) is 6.58 Å². The standard InChI is InChI=1S/C12H12O4/c1-2-9-8-11(16-15-9)12(13)14-10-6-4-3-5-7-10/h2-7,9,11H,1,8H2/t9-,11-/m1/s1. The van der Waals surface area contributed by atoms with E-state index in [0.717, 1.165) is 0 Å². The Morgan fingerprint density at radius 2 is 2.12 bits per heavy atom. The molecule has 0 radical (unpaired) electrons. The number of hydrogen-bond acceptors (Lipinski definition) is 4. The summed E-state index contributed by atoms with van der Waals surface area (Å²) in [4.78, 5) is 21.3. The van der Waals surface area contributed by atoms with Crippen LogP contribution in [0.4, 0.5) is 0 Å². The topological polar surface area (TPSA) is 44.8 Å². The van der Waals surface area contributed by atoms with Crippen molar-refractivity contribution < 1.29 is 19.3 Å². The van der Waals surface area contributed by atoms with E-state index in [0.29, 0.717) is 12.2 Å². The van der Waals surface area contributed by atoms with Crippen molar-refractivity contribution in [3.8, 4) is 5.75 Å². The van der Waals surface area contributed by atoms with Crippen LogP contribution in [0.3, 0.4) is 0 Å². The molecular formula is C12H12O4. The molecular weight excluding hydrogens is 208 g/mol. The van der Waals surface area contributed by atoms with Gasteiger partial charge >= 0.3 is 5.97 Å². The summed E-state index contributed by atoms with van der Waals surface area (Å²) in [5.41, 5.74) is 0. The third kappa shape index (κ3) is 2.48. The number of rotatable bonds is 3. The van der Waals surface area contributed by atoms with Crippen molar-refractivity contribution >= 4 is 5.97 Å². The van der Waals surface area contributed by atoms with Crippen molar-refractivity contribution in [3.05, 3.63) is 43.0 Å². The molecule has 1 fully saturated rings. The van der Waals surface area contributed by atoms with Crippen LogP contribution < -0.4 is 4.74 Å². The average Bonchev–Trinajstić information content (AvgIpc) is 2.79. The summed E-state index contributed by atoms with van der Waals surface area (Å²) in [6.45, 7) is 3.56. The van der Waals surface area contributed by atoms with Gasteiger partial charge in [-0.05, 0) is 12.1 Å². The summed E-state index contributed by atoms with van der Waals surface area (Å²) in [5.74, 6) is 0.0497. The van der Waals surface area contributed by atoms with Crippen LogP contribution in [0, 0.1) is 0 Å². The first-order valence-corrected chi connectivity index (χ1v) is 5.01. The van der Waals surface area contributed by atoms with Gasteiger partial charge in [0.2, 0.25) is 0 Å². The molecule has 1 aromatic rings. The maximum absolute atomic E-state index is 11.6. The minimum Gasteiger partial charge on any atom is -0.425 e. The summed E-state index contributed by atoms with van der Waals surface area (Å²) in [6, 6.07) is 8.85. The smallest absolute Gasteiger partial charge is 0.344 e. The molecule has 84 valence electrons. The normalized spacial score (nSPS) is 24.0. The largest absolute Gasteiger partial charge is 0.425 e. The highest BCUT2D eigenvalue weighted by Gasteiger charge is 2.32. The molecule has 16 heavy (non-hydrogen) atoms. The molecule has 0 amide bonds. The number of ether oxygens (including phenoxy) is 1. The molecule has 0 saturated carbocycles. The van der Waals surface area contributed by atoms with E-state index in [-0.39, 0.29) is 6.10 Å². The van der Waals surface area contributed by atoms with Crippen LogP contribution in [-0.2, 0) is 14.6 Å². The molecule has 1 aromatic carbocycles. The van der Waals surface area contributed by atoms with Gasteiger partial charge in [-0.1, -0.05) is 24.3 Å². The zero-order valence-electron chi connectivity index (χ0n) is 8.67. The first kappa shape index (κ1) is 10.9. The molecule has 1 heterocycles. The van der Waals surface area contributed by atoms with E-state index in [1.54, 1.807) is 30.3 Å². The van der Waals surface area contributed by atoms with E-state index in [9.17, 15) is 4.79 Å². The fourth-order valence-corrected chi connectivity index (χ4v) is 1.37. The lowest BCUT2D eigenvalue weighted by molar-refractivity contribution is -0.285. The maximum atomic E-state index is 11.6. The monoisotopic (exact) mass is 220 g/mol. The lowest BCUT2D eigenvalue weighted by Gasteiger charge is -2.06. The highest BCUT2D eigenvalue weighted by atomic mass is 17.2. The number of carbonyl (C=O) groups is 1. The van der Waals surface area contributed by atoms with E-state index in [4.69, 9.17) is 14.5 Å². The molecule has 0 bridgehead atoms. The lowest BCUT2D eigenvalue weighted by atomic mass is 10.2. The molecule has 2 atom stereocenters. The maximum Gasteiger partial charge on any atom is 0.344 e. The highest BCUT2D eigenvalue weighted by Crippen LogP contribution is 2.20. The van der Waals surface area contributed by atoms with E-state index < -0.39 is 12.1 Å². The van der Waals surface area contributed by atoms with Crippen molar-refractivity contribution in [2.45, 2.75) is 18.6 Å². The van der Waals surface area contributed by atoms with E-state index in [1.807, 2.05) is 6.07 Å². The predicted molar refractivity (Wildman–Crippen MR) is 56.6 cm³/mol. The molecule has 0 aliphatic carbocycles. The van der Waals surface area contributed by atoms with Gasteiger partial charge in [0, 0.05) is 6.42 Å². The molecule has 0 aromatic heterocycles. The average molecular weight is 220 g/mol. The SMILES string of the molecule is C=C[C@@H]1C[C@H](C(=O)Oc2ccccc2)OO1. The molecule has 0 unspecified atom stereocenters. The first-order chi connectivity index (χ1) is 7.79. The number of esters is 1. The third-order valence-corrected chi connectivity index (χ3v) is 2.23. The van der Waals surface area contributed by atoms with Crippen LogP contribution in [0.5, 0.6) is 5.75 Å². The number of para-hydroxylation sites is 1. The fraction of sp³-hybridized carbons (Fsp3) is 0.250. The summed E-state index contributed by atoms with van der Waals surface area (Å²) in [5, 5.41) is 0. The van der Waals surface area contributed by atoms with Gasteiger partial charge in [0.25, 0.3) is 0 Å². The van der Waals surface area contributed by atoms with Gasteiger partial charge in [0.1, 0.15) is 11.9 Å². The minimum absolute atomic E-state index is 0.242. The Kier molecular flexibility index (Phi) is 3.34. The van der Waals surface area contributed by atoms with E-state index in [1.165, 1.54) is 0 Å². The molecule has 1 aliphatic heterocycles. The van der Waals surface area contributed by atoms with Crippen LogP contribution >= 0.6 is 0 Å². The van der Waals surface area contributed by atoms with Crippen LogP contribution in [0.25, 0.3) is 0 Å². The zero-order valence-corrected chi connectivity index (χ0v) is 8.67. The van der Waals surface area contributed by atoms with Gasteiger partial charge in [-0.25, -0.2) is 14.6 Å². The van der Waals surface area contributed by atoms with E-state index in [2.05, 4.69) is 6.58 Å². The van der Waals surface area contributed by atoms with E-state index >= 15 is 0 Å². The summed E-state index contributed by atoms with van der Waals surface area (Å²) in [7, 11) is 0. The van der Waals surface area contributed by atoms with Gasteiger partial charge in [0.15, 0.2) is 6.10 Å². The Labute approximate surface area is 93.4 Å². The van der Waals surface area contributed by atoms with Crippen LogP contribution in [0.2, 0.25) is 0 Å². The Morgan fingerprint density at radius 1 is 1.38 bits per heavy atom. The number of hydrogen-bond donors (Lipinski definition) is 0. The lowest BCUT2D eigenvalue weighted by Crippen LogP contribution is -2.25. The Hall–Kier alpha value is -1.65. The quantitative estimate of drug-likeness (QED) is 0.337. The second-order valence-corrected chi connectivity index (χ2v) is 3.43. The van der Waals surface area contributed by atoms with Gasteiger partial charge < -0.3 is 4.74 Å². The molecule has 0 spiro atoms. The van der Waals surface area contributed by atoms with Crippen molar-refractivity contribution in [2.24, 2.45) is 0 Å². The van der Waals surface area contributed by atoms with Crippen LogP contribution in [0.15, 0.2) is 43.0 Å². The highest BCUT2D eigenvalue weighted by molar-refractivity contribution is 5.77. The summed E-state index contributed by atoms with van der Waals surface area (Å²) in [6.07, 6.45) is 1.11. The summed E-state index contributed by atoms with van der Waals surface area (Å²) < 4.78 is 5.11. The number of benzene rings is 1.